The van der Waals surface area contributed by atoms with Crippen molar-refractivity contribution in [3.8, 4) is 0 Å². The van der Waals surface area contributed by atoms with Gasteiger partial charge < -0.3 is 14.2 Å². The summed E-state index contributed by atoms with van der Waals surface area (Å²) in [6, 6.07) is 0. The molecule has 1 atom stereocenters. The van der Waals surface area contributed by atoms with Gasteiger partial charge in [0.2, 0.25) is 0 Å². The maximum atomic E-state index is 12.9. The molecular formula is C67H112O6. The third kappa shape index (κ3) is 58.8. The summed E-state index contributed by atoms with van der Waals surface area (Å²) in [6.45, 7) is 6.40. The summed E-state index contributed by atoms with van der Waals surface area (Å²) < 4.78 is 16.9. The van der Waals surface area contributed by atoms with E-state index < -0.39 is 6.10 Å². The zero-order chi connectivity index (χ0) is 52.9. The second-order valence-electron chi connectivity index (χ2n) is 19.8. The minimum Gasteiger partial charge on any atom is -0.462 e. The first-order valence-electron chi connectivity index (χ1n) is 30.4. The van der Waals surface area contributed by atoms with Crippen LogP contribution in [0.4, 0.5) is 0 Å². The van der Waals surface area contributed by atoms with Crippen LogP contribution in [0.1, 0.15) is 278 Å². The molecule has 0 spiro atoms. The maximum Gasteiger partial charge on any atom is 0.306 e. The van der Waals surface area contributed by atoms with E-state index >= 15 is 0 Å². The summed E-state index contributed by atoms with van der Waals surface area (Å²) in [5.74, 6) is -0.920. The van der Waals surface area contributed by atoms with Crippen molar-refractivity contribution in [1.29, 1.82) is 0 Å². The Kier molecular flexibility index (Phi) is 57.4. The van der Waals surface area contributed by atoms with Crippen LogP contribution in [-0.2, 0) is 28.6 Å². The van der Waals surface area contributed by atoms with Gasteiger partial charge in [-0.15, -0.1) is 0 Å². The molecule has 0 fully saturated rings. The van der Waals surface area contributed by atoms with Crippen LogP contribution in [0.2, 0.25) is 0 Å². The van der Waals surface area contributed by atoms with Crippen molar-refractivity contribution in [3.05, 3.63) is 109 Å². The van der Waals surface area contributed by atoms with E-state index in [2.05, 4.69) is 130 Å². The minimum atomic E-state index is -0.797. The van der Waals surface area contributed by atoms with Crippen molar-refractivity contribution < 1.29 is 28.6 Å². The highest BCUT2D eigenvalue weighted by Gasteiger charge is 2.19. The lowest BCUT2D eigenvalue weighted by Gasteiger charge is -2.18. The molecule has 0 aliphatic rings. The van der Waals surface area contributed by atoms with Gasteiger partial charge in [-0.05, 0) is 122 Å². The van der Waals surface area contributed by atoms with Gasteiger partial charge in [-0.2, -0.15) is 0 Å². The van der Waals surface area contributed by atoms with E-state index in [1.54, 1.807) is 0 Å². The monoisotopic (exact) mass is 1010 g/mol. The lowest BCUT2D eigenvalue weighted by atomic mass is 10.1. The normalized spacial score (nSPS) is 12.9. The van der Waals surface area contributed by atoms with Crippen LogP contribution in [0.25, 0.3) is 0 Å². The Labute approximate surface area is 450 Å². The Morgan fingerprint density at radius 2 is 0.534 bits per heavy atom. The Hall–Kier alpha value is -3.93. The van der Waals surface area contributed by atoms with Gasteiger partial charge in [-0.1, -0.05) is 246 Å². The highest BCUT2D eigenvalue weighted by molar-refractivity contribution is 5.71. The van der Waals surface area contributed by atoms with Crippen molar-refractivity contribution in [1.82, 2.24) is 0 Å². The third-order valence-electron chi connectivity index (χ3n) is 12.7. The molecule has 0 rings (SSSR count). The zero-order valence-electron chi connectivity index (χ0n) is 47.6. The molecule has 0 heterocycles. The van der Waals surface area contributed by atoms with E-state index in [-0.39, 0.29) is 31.1 Å². The summed E-state index contributed by atoms with van der Waals surface area (Å²) in [5, 5.41) is 0. The van der Waals surface area contributed by atoms with Crippen LogP contribution in [-0.4, -0.2) is 37.2 Å². The fourth-order valence-corrected chi connectivity index (χ4v) is 8.24. The van der Waals surface area contributed by atoms with Crippen LogP contribution >= 0.6 is 0 Å². The fourth-order valence-electron chi connectivity index (χ4n) is 8.24. The van der Waals surface area contributed by atoms with Gasteiger partial charge in [0.1, 0.15) is 13.2 Å². The second kappa shape index (κ2) is 60.6. The highest BCUT2D eigenvalue weighted by atomic mass is 16.6. The van der Waals surface area contributed by atoms with Crippen molar-refractivity contribution in [2.75, 3.05) is 13.2 Å². The van der Waals surface area contributed by atoms with E-state index in [1.807, 2.05) is 0 Å². The molecule has 0 saturated heterocycles. The van der Waals surface area contributed by atoms with Gasteiger partial charge >= 0.3 is 17.9 Å². The molecule has 6 heteroatoms. The molecule has 0 amide bonds. The summed E-state index contributed by atoms with van der Waals surface area (Å²) >= 11 is 0. The van der Waals surface area contributed by atoms with Crippen molar-refractivity contribution in [3.63, 3.8) is 0 Å². The largest absolute Gasteiger partial charge is 0.462 e. The van der Waals surface area contributed by atoms with E-state index in [4.69, 9.17) is 14.2 Å². The van der Waals surface area contributed by atoms with E-state index in [0.717, 1.165) is 135 Å². The molecule has 73 heavy (non-hydrogen) atoms. The minimum absolute atomic E-state index is 0.0916. The fraction of sp³-hybridized carbons (Fsp3) is 0.687. The molecule has 416 valence electrons. The molecule has 1 unspecified atom stereocenters. The predicted molar refractivity (Wildman–Crippen MR) is 316 cm³/mol. The average molecular weight is 1010 g/mol. The quantitative estimate of drug-likeness (QED) is 0.0261. The molecule has 6 nitrogen and oxygen atoms in total. The van der Waals surface area contributed by atoms with E-state index in [1.165, 1.54) is 103 Å². The number of allylic oxidation sites excluding steroid dienone is 18. The number of esters is 3. The second-order valence-corrected chi connectivity index (χ2v) is 19.8. The standard InChI is InChI=1S/C67H112O6/c1-4-7-10-13-16-19-22-25-28-31-32-33-34-37-39-42-45-48-51-54-57-60-66(69)72-63-64(73-67(70)61-58-55-52-49-46-43-40-36-30-27-24-21-18-15-12-9-6-3)62-71-65(68)59-56-53-50-47-44-41-38-35-29-26-23-20-17-14-11-8-5-2/h7,9-10,12,16,18-19,21,25-30,32-33,37,39,64H,4-6,8,11,13-15,17,20,22-24,31,34-36,38,40-63H2,1-3H3/b10-7-,12-9-,19-16-,21-18-,28-25-,29-26-,30-27-,33-32-,39-37-. The van der Waals surface area contributed by atoms with Gasteiger partial charge in [-0.25, -0.2) is 0 Å². The summed E-state index contributed by atoms with van der Waals surface area (Å²) in [7, 11) is 0. The smallest absolute Gasteiger partial charge is 0.306 e. The maximum absolute atomic E-state index is 12.9. The van der Waals surface area contributed by atoms with Gasteiger partial charge in [0.05, 0.1) is 0 Å². The highest BCUT2D eigenvalue weighted by Crippen LogP contribution is 2.15. The van der Waals surface area contributed by atoms with Crippen LogP contribution in [0, 0.1) is 0 Å². The number of carbonyl (C=O) groups excluding carboxylic acids is 3. The van der Waals surface area contributed by atoms with Crippen LogP contribution in [0.5, 0.6) is 0 Å². The lowest BCUT2D eigenvalue weighted by molar-refractivity contribution is -0.167. The van der Waals surface area contributed by atoms with Crippen molar-refractivity contribution in [2.24, 2.45) is 0 Å². The van der Waals surface area contributed by atoms with Crippen molar-refractivity contribution >= 4 is 17.9 Å². The first kappa shape index (κ1) is 69.1. The topological polar surface area (TPSA) is 78.9 Å². The van der Waals surface area contributed by atoms with Crippen LogP contribution in [0.3, 0.4) is 0 Å². The Morgan fingerprint density at radius 3 is 0.849 bits per heavy atom. The molecule has 0 saturated carbocycles. The molecule has 0 aromatic heterocycles. The number of hydrogen-bond acceptors (Lipinski definition) is 6. The first-order chi connectivity index (χ1) is 36.0. The summed E-state index contributed by atoms with van der Waals surface area (Å²) in [5.41, 5.74) is 0. The average Bonchev–Trinajstić information content (AvgIpc) is 3.39. The zero-order valence-corrected chi connectivity index (χ0v) is 47.6. The SMILES string of the molecule is CC/C=C\C/C=C\C/C=C\C/C=C\C/C=C\CCCCCCCC(=O)OCC(COC(=O)CCCCCCCCC/C=C\CCCCCCCC)OC(=O)CCCCCCCCC/C=C\C/C=C\C/C=C\CC. The summed E-state index contributed by atoms with van der Waals surface area (Å²) in [6.07, 6.45) is 82.2. The number of carbonyl (C=O) groups is 3. The Bertz CT molecular complexity index is 1490. The molecule has 0 radical (unpaired) electrons. The number of rotatable bonds is 54. The predicted octanol–water partition coefficient (Wildman–Crippen LogP) is 20.7. The molecule has 0 aliphatic heterocycles. The summed E-state index contributed by atoms with van der Waals surface area (Å²) in [4.78, 5) is 38.3. The van der Waals surface area contributed by atoms with Crippen LogP contribution in [0.15, 0.2) is 109 Å². The first-order valence-corrected chi connectivity index (χ1v) is 30.4. The number of unbranched alkanes of at least 4 members (excludes halogenated alkanes) is 25. The molecule has 0 bridgehead atoms. The van der Waals surface area contributed by atoms with Crippen molar-refractivity contribution in [2.45, 2.75) is 284 Å². The molecular weight excluding hydrogens is 901 g/mol. The van der Waals surface area contributed by atoms with E-state index in [9.17, 15) is 14.4 Å². The Morgan fingerprint density at radius 1 is 0.288 bits per heavy atom. The molecule has 0 N–H and O–H groups in total. The number of ether oxygens (including phenoxy) is 3. The number of hydrogen-bond donors (Lipinski definition) is 0. The van der Waals surface area contributed by atoms with Gasteiger partial charge in [0.15, 0.2) is 6.10 Å². The van der Waals surface area contributed by atoms with Gasteiger partial charge in [-0.3, -0.25) is 14.4 Å². The molecule has 0 aromatic rings. The Balaban J connectivity index is 4.45. The van der Waals surface area contributed by atoms with E-state index in [0.29, 0.717) is 19.3 Å². The third-order valence-corrected chi connectivity index (χ3v) is 12.7. The molecule has 0 aliphatic carbocycles. The van der Waals surface area contributed by atoms with Gasteiger partial charge in [0.25, 0.3) is 0 Å². The van der Waals surface area contributed by atoms with Crippen LogP contribution < -0.4 is 0 Å². The lowest BCUT2D eigenvalue weighted by Crippen LogP contribution is -2.30. The molecule has 0 aromatic carbocycles. The van der Waals surface area contributed by atoms with Gasteiger partial charge in [0, 0.05) is 19.3 Å².